The third-order valence-electron chi connectivity index (χ3n) is 4.39. The largest absolute Gasteiger partial charge is 0.355 e. The molecule has 0 bridgehead atoms. The maximum Gasteiger partial charge on any atom is 0.274 e. The first-order valence-electron chi connectivity index (χ1n) is 8.00. The molecule has 1 aliphatic rings. The molecule has 0 saturated carbocycles. The van der Waals surface area contributed by atoms with Crippen molar-refractivity contribution in [1.82, 2.24) is 19.7 Å². The highest BCUT2D eigenvalue weighted by molar-refractivity contribution is 5.92. The molecule has 23 heavy (non-hydrogen) atoms. The van der Waals surface area contributed by atoms with Gasteiger partial charge >= 0.3 is 0 Å². The molecule has 1 saturated heterocycles. The van der Waals surface area contributed by atoms with Gasteiger partial charge in [-0.15, -0.1) is 0 Å². The van der Waals surface area contributed by atoms with Gasteiger partial charge in [0.05, 0.1) is 0 Å². The van der Waals surface area contributed by atoms with Gasteiger partial charge in [-0.05, 0) is 38.0 Å². The van der Waals surface area contributed by atoms with E-state index in [-0.39, 0.29) is 11.9 Å². The van der Waals surface area contributed by atoms with Crippen LogP contribution in [-0.4, -0.2) is 51.8 Å². The first kappa shape index (κ1) is 15.5. The van der Waals surface area contributed by atoms with E-state index >= 15 is 0 Å². The second-order valence-electron chi connectivity index (χ2n) is 6.17. The normalized spacial score (nSPS) is 18.0. The van der Waals surface area contributed by atoms with Crippen LogP contribution >= 0.6 is 0 Å². The van der Waals surface area contributed by atoms with Crippen LogP contribution in [0.4, 0.5) is 5.82 Å². The van der Waals surface area contributed by atoms with E-state index < -0.39 is 0 Å². The van der Waals surface area contributed by atoms with Gasteiger partial charge in [0.1, 0.15) is 11.5 Å². The maximum atomic E-state index is 12.6. The van der Waals surface area contributed by atoms with E-state index in [9.17, 15) is 4.79 Å². The minimum absolute atomic E-state index is 0.0188. The summed E-state index contributed by atoms with van der Waals surface area (Å²) in [4.78, 5) is 21.3. The Labute approximate surface area is 136 Å². The van der Waals surface area contributed by atoms with Gasteiger partial charge in [0.25, 0.3) is 5.91 Å². The average molecular weight is 313 g/mol. The van der Waals surface area contributed by atoms with E-state index in [0.29, 0.717) is 5.69 Å². The van der Waals surface area contributed by atoms with E-state index in [0.717, 1.165) is 37.4 Å². The van der Waals surface area contributed by atoms with E-state index in [2.05, 4.69) is 15.0 Å². The van der Waals surface area contributed by atoms with Crippen molar-refractivity contribution in [3.05, 3.63) is 41.9 Å². The minimum Gasteiger partial charge on any atom is -0.355 e. The number of aromatic nitrogens is 3. The Morgan fingerprint density at radius 3 is 2.87 bits per heavy atom. The predicted octanol–water partition coefficient (Wildman–Crippen LogP) is 1.86. The van der Waals surface area contributed by atoms with E-state index in [1.165, 1.54) is 0 Å². The van der Waals surface area contributed by atoms with Crippen molar-refractivity contribution in [1.29, 1.82) is 0 Å². The molecule has 122 valence electrons. The molecule has 0 unspecified atom stereocenters. The van der Waals surface area contributed by atoms with Crippen LogP contribution < -0.4 is 4.90 Å². The Morgan fingerprint density at radius 2 is 2.17 bits per heavy atom. The summed E-state index contributed by atoms with van der Waals surface area (Å²) < 4.78 is 1.66. The summed E-state index contributed by atoms with van der Waals surface area (Å²) in [6, 6.07) is 8.02. The maximum absolute atomic E-state index is 12.6. The minimum atomic E-state index is -0.0188. The summed E-state index contributed by atoms with van der Waals surface area (Å²) in [7, 11) is 3.69. The highest BCUT2D eigenvalue weighted by Gasteiger charge is 2.28. The molecule has 0 N–H and O–H groups in total. The molecule has 6 nitrogen and oxygen atoms in total. The molecule has 3 rings (SSSR count). The number of piperidine rings is 1. The van der Waals surface area contributed by atoms with Crippen LogP contribution in [0.2, 0.25) is 0 Å². The monoisotopic (exact) mass is 313 g/mol. The first-order chi connectivity index (χ1) is 11.0. The molecule has 6 heteroatoms. The van der Waals surface area contributed by atoms with Crippen LogP contribution in [0.5, 0.6) is 0 Å². The Kier molecular flexibility index (Phi) is 4.32. The lowest BCUT2D eigenvalue weighted by atomic mass is 10.0. The zero-order valence-corrected chi connectivity index (χ0v) is 13.9. The molecule has 0 radical (unpaired) electrons. The summed E-state index contributed by atoms with van der Waals surface area (Å²) in [6.07, 6.45) is 3.86. The number of anilines is 1. The number of rotatable bonds is 3. The molecule has 1 aliphatic heterocycles. The van der Waals surface area contributed by atoms with Crippen molar-refractivity contribution in [3.63, 3.8) is 0 Å². The van der Waals surface area contributed by atoms with Gasteiger partial charge in [0.15, 0.2) is 0 Å². The fraction of sp³-hybridized carbons (Fsp3) is 0.471. The van der Waals surface area contributed by atoms with Gasteiger partial charge in [0, 0.05) is 45.1 Å². The second-order valence-corrected chi connectivity index (χ2v) is 6.17. The van der Waals surface area contributed by atoms with Crippen LogP contribution in [0, 0.1) is 6.92 Å². The first-order valence-corrected chi connectivity index (χ1v) is 8.00. The second kappa shape index (κ2) is 6.40. The molecule has 1 atom stereocenters. The van der Waals surface area contributed by atoms with Crippen LogP contribution in [0.15, 0.2) is 30.5 Å². The molecular weight excluding hydrogens is 290 g/mol. The average Bonchev–Trinajstić information content (AvgIpc) is 3.00. The number of aryl methyl sites for hydroxylation is 2. The highest BCUT2D eigenvalue weighted by atomic mass is 16.2. The number of nitrogens with zero attached hydrogens (tertiary/aromatic N) is 5. The molecule has 1 fully saturated rings. The third kappa shape index (κ3) is 3.36. The van der Waals surface area contributed by atoms with Crippen molar-refractivity contribution in [2.45, 2.75) is 25.8 Å². The number of hydrogen-bond acceptors (Lipinski definition) is 4. The van der Waals surface area contributed by atoms with Crippen molar-refractivity contribution in [2.24, 2.45) is 7.05 Å². The van der Waals surface area contributed by atoms with Crippen molar-refractivity contribution in [2.75, 3.05) is 25.0 Å². The Morgan fingerprint density at radius 1 is 1.35 bits per heavy atom. The number of carbonyl (C=O) groups excluding carboxylic acids is 1. The van der Waals surface area contributed by atoms with E-state index in [4.69, 9.17) is 0 Å². The van der Waals surface area contributed by atoms with Gasteiger partial charge in [-0.3, -0.25) is 9.48 Å². The van der Waals surface area contributed by atoms with Crippen LogP contribution in [0.3, 0.4) is 0 Å². The van der Waals surface area contributed by atoms with E-state index in [1.54, 1.807) is 16.9 Å². The van der Waals surface area contributed by atoms with Crippen molar-refractivity contribution in [3.8, 4) is 0 Å². The van der Waals surface area contributed by atoms with Crippen LogP contribution in [0.25, 0.3) is 0 Å². The molecule has 0 aromatic carbocycles. The summed E-state index contributed by atoms with van der Waals surface area (Å²) in [5.41, 5.74) is 1.52. The molecule has 3 heterocycles. The van der Waals surface area contributed by atoms with Gasteiger partial charge in [-0.25, -0.2) is 4.98 Å². The van der Waals surface area contributed by atoms with Crippen molar-refractivity contribution >= 4 is 11.7 Å². The van der Waals surface area contributed by atoms with Crippen LogP contribution in [0.1, 0.15) is 29.0 Å². The Hall–Kier alpha value is -2.37. The Balaban J connectivity index is 1.71. The molecule has 1 amide bonds. The van der Waals surface area contributed by atoms with Gasteiger partial charge in [-0.1, -0.05) is 6.07 Å². The van der Waals surface area contributed by atoms with Crippen LogP contribution in [-0.2, 0) is 7.05 Å². The fourth-order valence-electron chi connectivity index (χ4n) is 3.06. The standard InChI is InChI=1S/C17H23N5O/c1-13-6-4-8-16(18-13)22-10-5-7-14(12-22)21(3)17(23)15-9-11-20(2)19-15/h4,6,8-9,11,14H,5,7,10,12H2,1-3H3/t14-/m1/s1. The summed E-state index contributed by atoms with van der Waals surface area (Å²) in [6.45, 7) is 3.80. The molecule has 2 aromatic rings. The molecule has 2 aromatic heterocycles. The van der Waals surface area contributed by atoms with Gasteiger partial charge < -0.3 is 9.80 Å². The lowest BCUT2D eigenvalue weighted by Crippen LogP contribution is -2.49. The molecular formula is C17H23N5O. The number of amides is 1. The lowest BCUT2D eigenvalue weighted by Gasteiger charge is -2.38. The summed E-state index contributed by atoms with van der Waals surface area (Å²) in [5, 5.41) is 4.21. The highest BCUT2D eigenvalue weighted by Crippen LogP contribution is 2.21. The summed E-state index contributed by atoms with van der Waals surface area (Å²) >= 11 is 0. The number of carbonyl (C=O) groups is 1. The molecule has 0 aliphatic carbocycles. The van der Waals surface area contributed by atoms with Crippen molar-refractivity contribution < 1.29 is 4.79 Å². The SMILES string of the molecule is Cc1cccc(N2CCC[C@@H](N(C)C(=O)c3ccn(C)n3)C2)n1. The number of pyridine rings is 1. The molecule has 0 spiro atoms. The number of likely N-dealkylation sites (N-methyl/N-ethyl adjacent to an activating group) is 1. The Bertz CT molecular complexity index is 696. The van der Waals surface area contributed by atoms with E-state index in [1.807, 2.05) is 44.1 Å². The number of hydrogen-bond donors (Lipinski definition) is 0. The lowest BCUT2D eigenvalue weighted by molar-refractivity contribution is 0.0710. The van der Waals surface area contributed by atoms with Gasteiger partial charge in [-0.2, -0.15) is 5.10 Å². The third-order valence-corrected chi connectivity index (χ3v) is 4.39. The zero-order chi connectivity index (χ0) is 16.4. The fourth-order valence-corrected chi connectivity index (χ4v) is 3.06. The smallest absolute Gasteiger partial charge is 0.274 e. The zero-order valence-electron chi connectivity index (χ0n) is 13.9. The quantitative estimate of drug-likeness (QED) is 0.868. The predicted molar refractivity (Wildman–Crippen MR) is 89.5 cm³/mol. The topological polar surface area (TPSA) is 54.3 Å². The van der Waals surface area contributed by atoms with Gasteiger partial charge in [0.2, 0.25) is 0 Å². The summed E-state index contributed by atoms with van der Waals surface area (Å²) in [5.74, 6) is 0.975.